The Morgan fingerprint density at radius 1 is 1.58 bits per heavy atom. The first-order valence-corrected chi connectivity index (χ1v) is 6.77. The maximum Gasteiger partial charge on any atom is 0.252 e. The quantitative estimate of drug-likeness (QED) is 0.866. The van der Waals surface area contributed by atoms with Gasteiger partial charge in [0.05, 0.1) is 0 Å². The average Bonchev–Trinajstić information content (AvgIpc) is 2.79. The molecule has 1 aliphatic rings. The topological polar surface area (TPSA) is 55.6 Å². The van der Waals surface area contributed by atoms with E-state index < -0.39 is 0 Å². The fourth-order valence-electron chi connectivity index (χ4n) is 2.28. The summed E-state index contributed by atoms with van der Waals surface area (Å²) in [4.78, 5) is 13.9. The number of ether oxygens (including phenoxy) is 1. The molecule has 2 N–H and O–H groups in total. The summed E-state index contributed by atoms with van der Waals surface area (Å²) in [7, 11) is 1.76. The van der Waals surface area contributed by atoms with Gasteiger partial charge in [0.25, 0.3) is 5.91 Å². The first kappa shape index (κ1) is 14.2. The van der Waals surface area contributed by atoms with Crippen molar-refractivity contribution in [3.05, 3.63) is 28.8 Å². The van der Waals surface area contributed by atoms with E-state index in [0.717, 1.165) is 12.0 Å². The maximum absolute atomic E-state index is 12.3. The van der Waals surface area contributed by atoms with Crippen molar-refractivity contribution in [1.29, 1.82) is 0 Å². The van der Waals surface area contributed by atoms with E-state index >= 15 is 0 Å². The second kappa shape index (κ2) is 5.80. The first-order chi connectivity index (χ1) is 8.99. The van der Waals surface area contributed by atoms with Gasteiger partial charge in [-0.25, -0.2) is 0 Å². The Hall–Kier alpha value is -1.26. The van der Waals surface area contributed by atoms with Gasteiger partial charge in [0.15, 0.2) is 0 Å². The molecule has 19 heavy (non-hydrogen) atoms. The SMILES string of the molecule is CC1CCOC1C(=O)N(C)Cc1cc(N)ccc1Cl. The number of nitrogen functional groups attached to an aromatic ring is 1. The van der Waals surface area contributed by atoms with Crippen molar-refractivity contribution in [2.45, 2.75) is 26.0 Å². The lowest BCUT2D eigenvalue weighted by Crippen LogP contribution is -2.38. The van der Waals surface area contributed by atoms with Crippen molar-refractivity contribution in [2.75, 3.05) is 19.4 Å². The largest absolute Gasteiger partial charge is 0.399 e. The normalized spacial score (nSPS) is 22.5. The van der Waals surface area contributed by atoms with Crippen LogP contribution in [-0.4, -0.2) is 30.6 Å². The minimum Gasteiger partial charge on any atom is -0.399 e. The predicted molar refractivity (Wildman–Crippen MR) is 75.9 cm³/mol. The minimum absolute atomic E-state index is 0.00323. The molecule has 5 heteroatoms. The summed E-state index contributed by atoms with van der Waals surface area (Å²) in [5.74, 6) is 0.273. The molecule has 0 radical (unpaired) electrons. The fourth-order valence-corrected chi connectivity index (χ4v) is 2.46. The molecule has 1 aliphatic heterocycles. The lowest BCUT2D eigenvalue weighted by atomic mass is 10.0. The lowest BCUT2D eigenvalue weighted by molar-refractivity contribution is -0.141. The number of likely N-dealkylation sites (N-methyl/N-ethyl adjacent to an activating group) is 1. The molecule has 2 rings (SSSR count). The van der Waals surface area contributed by atoms with Crippen LogP contribution >= 0.6 is 11.6 Å². The van der Waals surface area contributed by atoms with E-state index in [4.69, 9.17) is 22.1 Å². The molecule has 104 valence electrons. The monoisotopic (exact) mass is 282 g/mol. The zero-order valence-electron chi connectivity index (χ0n) is 11.2. The van der Waals surface area contributed by atoms with Crippen molar-refractivity contribution in [1.82, 2.24) is 4.90 Å². The number of carbonyl (C=O) groups excluding carboxylic acids is 1. The first-order valence-electron chi connectivity index (χ1n) is 6.39. The number of halogens is 1. The standard InChI is InChI=1S/C14H19ClN2O2/c1-9-5-6-19-13(9)14(18)17(2)8-10-7-11(16)3-4-12(10)15/h3-4,7,9,13H,5-6,8,16H2,1-2H3. The third-order valence-electron chi connectivity index (χ3n) is 3.48. The average molecular weight is 283 g/mol. The van der Waals surface area contributed by atoms with Crippen LogP contribution in [0.3, 0.4) is 0 Å². The lowest BCUT2D eigenvalue weighted by Gasteiger charge is -2.23. The summed E-state index contributed by atoms with van der Waals surface area (Å²) in [5.41, 5.74) is 7.23. The molecule has 4 nitrogen and oxygen atoms in total. The number of rotatable bonds is 3. The van der Waals surface area contributed by atoms with Gasteiger partial charge in [0, 0.05) is 30.9 Å². The van der Waals surface area contributed by atoms with Gasteiger partial charge in [0.2, 0.25) is 0 Å². The molecule has 0 bridgehead atoms. The molecular formula is C14H19ClN2O2. The van der Waals surface area contributed by atoms with E-state index in [1.54, 1.807) is 30.1 Å². The van der Waals surface area contributed by atoms with Crippen molar-refractivity contribution in [3.8, 4) is 0 Å². The number of anilines is 1. The Kier molecular flexibility index (Phi) is 4.32. The Bertz CT molecular complexity index is 479. The molecule has 1 heterocycles. The fraction of sp³-hybridized carbons (Fsp3) is 0.500. The molecule has 1 aromatic rings. The number of nitrogens with zero attached hydrogens (tertiary/aromatic N) is 1. The van der Waals surface area contributed by atoms with Gasteiger partial charge in [0.1, 0.15) is 6.10 Å². The number of hydrogen-bond donors (Lipinski definition) is 1. The van der Waals surface area contributed by atoms with Crippen LogP contribution in [0.5, 0.6) is 0 Å². The van der Waals surface area contributed by atoms with Crippen molar-refractivity contribution in [3.63, 3.8) is 0 Å². The zero-order chi connectivity index (χ0) is 14.0. The van der Waals surface area contributed by atoms with Crippen LogP contribution < -0.4 is 5.73 Å². The van der Waals surface area contributed by atoms with Crippen molar-refractivity contribution >= 4 is 23.2 Å². The van der Waals surface area contributed by atoms with Crippen LogP contribution in [0.15, 0.2) is 18.2 Å². The van der Waals surface area contributed by atoms with E-state index in [9.17, 15) is 4.79 Å². The Morgan fingerprint density at radius 3 is 2.95 bits per heavy atom. The van der Waals surface area contributed by atoms with Gasteiger partial charge in [-0.3, -0.25) is 4.79 Å². The molecule has 2 unspecified atom stereocenters. The highest BCUT2D eigenvalue weighted by Gasteiger charge is 2.32. The number of benzene rings is 1. The molecule has 0 aromatic heterocycles. The Labute approximate surface area is 118 Å². The molecule has 0 saturated carbocycles. The highest BCUT2D eigenvalue weighted by atomic mass is 35.5. The second-order valence-corrected chi connectivity index (χ2v) is 5.51. The van der Waals surface area contributed by atoms with Gasteiger partial charge in [-0.2, -0.15) is 0 Å². The van der Waals surface area contributed by atoms with Crippen LogP contribution in [0.1, 0.15) is 18.9 Å². The molecular weight excluding hydrogens is 264 g/mol. The number of carbonyl (C=O) groups is 1. The van der Waals surface area contributed by atoms with Gasteiger partial charge in [-0.15, -0.1) is 0 Å². The van der Waals surface area contributed by atoms with Gasteiger partial charge in [-0.05, 0) is 36.1 Å². The number of nitrogens with two attached hydrogens (primary N) is 1. The second-order valence-electron chi connectivity index (χ2n) is 5.10. The van der Waals surface area contributed by atoms with Crippen molar-refractivity contribution < 1.29 is 9.53 Å². The summed E-state index contributed by atoms with van der Waals surface area (Å²) < 4.78 is 5.49. The van der Waals surface area contributed by atoms with E-state index in [2.05, 4.69) is 0 Å². The summed E-state index contributed by atoms with van der Waals surface area (Å²) >= 11 is 6.11. The summed E-state index contributed by atoms with van der Waals surface area (Å²) in [5, 5.41) is 0.620. The smallest absolute Gasteiger partial charge is 0.252 e. The molecule has 2 atom stereocenters. The van der Waals surface area contributed by atoms with E-state index in [1.165, 1.54) is 0 Å². The summed E-state index contributed by atoms with van der Waals surface area (Å²) in [6, 6.07) is 5.29. The van der Waals surface area contributed by atoms with Gasteiger partial charge < -0.3 is 15.4 Å². The van der Waals surface area contributed by atoms with E-state index in [1.807, 2.05) is 6.92 Å². The van der Waals surface area contributed by atoms with Crippen LogP contribution in [0.4, 0.5) is 5.69 Å². The maximum atomic E-state index is 12.3. The van der Waals surface area contributed by atoms with Crippen LogP contribution in [-0.2, 0) is 16.1 Å². The van der Waals surface area contributed by atoms with Gasteiger partial charge >= 0.3 is 0 Å². The molecule has 1 saturated heterocycles. The van der Waals surface area contributed by atoms with Crippen LogP contribution in [0.2, 0.25) is 5.02 Å². The third kappa shape index (κ3) is 3.19. The van der Waals surface area contributed by atoms with Crippen LogP contribution in [0.25, 0.3) is 0 Å². The van der Waals surface area contributed by atoms with Crippen LogP contribution in [0, 0.1) is 5.92 Å². The van der Waals surface area contributed by atoms with E-state index in [0.29, 0.717) is 23.9 Å². The molecule has 1 fully saturated rings. The van der Waals surface area contributed by atoms with E-state index in [-0.39, 0.29) is 17.9 Å². The molecule has 1 amide bonds. The van der Waals surface area contributed by atoms with Gasteiger partial charge in [-0.1, -0.05) is 18.5 Å². The zero-order valence-corrected chi connectivity index (χ0v) is 12.0. The highest BCUT2D eigenvalue weighted by molar-refractivity contribution is 6.31. The number of amides is 1. The molecule has 0 aliphatic carbocycles. The minimum atomic E-state index is -0.329. The third-order valence-corrected chi connectivity index (χ3v) is 3.85. The predicted octanol–water partition coefficient (Wildman–Crippen LogP) is 2.31. The Morgan fingerprint density at radius 2 is 2.32 bits per heavy atom. The summed E-state index contributed by atoms with van der Waals surface area (Å²) in [6.45, 7) is 3.14. The Balaban J connectivity index is 2.06. The summed E-state index contributed by atoms with van der Waals surface area (Å²) in [6.07, 6.45) is 0.605. The van der Waals surface area contributed by atoms with Crippen molar-refractivity contribution in [2.24, 2.45) is 5.92 Å². The number of hydrogen-bond acceptors (Lipinski definition) is 3. The molecule has 0 spiro atoms. The molecule has 1 aromatic carbocycles. The highest BCUT2D eigenvalue weighted by Crippen LogP contribution is 2.24.